The average molecular weight is 428 g/mol. The van der Waals surface area contributed by atoms with Gasteiger partial charge in [0.1, 0.15) is 5.57 Å². The van der Waals surface area contributed by atoms with E-state index < -0.39 is 11.8 Å². The molecule has 2 heterocycles. The molecule has 1 aromatic carbocycles. The number of carbonyl (C=O) groups is 2. The van der Waals surface area contributed by atoms with Gasteiger partial charge in [-0.3, -0.25) is 19.8 Å². The van der Waals surface area contributed by atoms with Crippen LogP contribution in [-0.4, -0.2) is 16.9 Å². The molecule has 1 aromatic heterocycles. The first-order chi connectivity index (χ1) is 11.0. The van der Waals surface area contributed by atoms with Crippen LogP contribution >= 0.6 is 51.1 Å². The Morgan fingerprint density at radius 3 is 2.48 bits per heavy atom. The van der Waals surface area contributed by atoms with E-state index in [1.807, 2.05) is 12.1 Å². The number of thiophene rings is 1. The Bertz CT molecular complexity index is 845. The third-order valence-electron chi connectivity index (χ3n) is 3.07. The van der Waals surface area contributed by atoms with E-state index in [9.17, 15) is 9.59 Å². The highest BCUT2D eigenvalue weighted by Gasteiger charge is 2.34. The van der Waals surface area contributed by atoms with Crippen molar-refractivity contribution >= 4 is 79.8 Å². The number of carbonyl (C=O) groups excluding carboxylic acids is 2. The predicted octanol–water partition coefficient (Wildman–Crippen LogP) is 4.00. The molecule has 0 unspecified atom stereocenters. The third kappa shape index (κ3) is 3.37. The van der Waals surface area contributed by atoms with E-state index in [2.05, 4.69) is 21.2 Å². The molecule has 0 bridgehead atoms. The minimum atomic E-state index is -0.505. The Morgan fingerprint density at radius 2 is 1.87 bits per heavy atom. The van der Waals surface area contributed by atoms with E-state index in [0.29, 0.717) is 10.7 Å². The fourth-order valence-corrected chi connectivity index (χ4v) is 3.80. The first-order valence-electron chi connectivity index (χ1n) is 6.38. The van der Waals surface area contributed by atoms with Crippen LogP contribution in [0, 0.1) is 0 Å². The minimum Gasteiger partial charge on any atom is -0.298 e. The molecule has 1 aliphatic rings. The largest absolute Gasteiger partial charge is 0.298 e. The summed E-state index contributed by atoms with van der Waals surface area (Å²) < 4.78 is 0.915. The highest BCUT2D eigenvalue weighted by atomic mass is 79.9. The molecular weight excluding hydrogens is 420 g/mol. The Morgan fingerprint density at radius 1 is 1.17 bits per heavy atom. The van der Waals surface area contributed by atoms with E-state index in [1.54, 1.807) is 30.3 Å². The third-order valence-corrected chi connectivity index (χ3v) is 5.17. The van der Waals surface area contributed by atoms with Gasteiger partial charge in [0.2, 0.25) is 0 Å². The lowest BCUT2D eigenvalue weighted by Gasteiger charge is -2.28. The van der Waals surface area contributed by atoms with Gasteiger partial charge in [0.15, 0.2) is 5.11 Å². The molecule has 8 heteroatoms. The number of rotatable bonds is 2. The normalized spacial score (nSPS) is 16.9. The van der Waals surface area contributed by atoms with Crippen LogP contribution in [0.2, 0.25) is 5.02 Å². The lowest BCUT2D eigenvalue weighted by molar-refractivity contribution is -0.122. The van der Waals surface area contributed by atoms with Crippen molar-refractivity contribution in [3.63, 3.8) is 0 Å². The molecule has 2 aromatic rings. The lowest BCUT2D eigenvalue weighted by atomic mass is 10.1. The summed E-state index contributed by atoms with van der Waals surface area (Å²) in [7, 11) is 0. The summed E-state index contributed by atoms with van der Waals surface area (Å²) in [6.07, 6.45) is 1.55. The molecule has 2 amide bonds. The van der Waals surface area contributed by atoms with Crippen LogP contribution in [0.5, 0.6) is 0 Å². The molecule has 0 saturated carbocycles. The van der Waals surface area contributed by atoms with Crippen LogP contribution in [0.4, 0.5) is 5.69 Å². The van der Waals surface area contributed by atoms with E-state index in [1.165, 1.54) is 16.2 Å². The minimum absolute atomic E-state index is 0.0305. The maximum absolute atomic E-state index is 12.7. The number of hydrogen-bond acceptors (Lipinski definition) is 4. The summed E-state index contributed by atoms with van der Waals surface area (Å²) in [5.41, 5.74) is 0.575. The van der Waals surface area contributed by atoms with Crippen molar-refractivity contribution in [2.24, 2.45) is 0 Å². The van der Waals surface area contributed by atoms with Gasteiger partial charge in [0.25, 0.3) is 11.8 Å². The zero-order valence-electron chi connectivity index (χ0n) is 11.4. The van der Waals surface area contributed by atoms with Crippen molar-refractivity contribution in [1.29, 1.82) is 0 Å². The number of thiocarbonyl (C=S) groups is 1. The Kier molecular flexibility index (Phi) is 4.63. The fourth-order valence-electron chi connectivity index (χ4n) is 2.03. The van der Waals surface area contributed by atoms with Crippen molar-refractivity contribution in [1.82, 2.24) is 5.32 Å². The zero-order valence-corrected chi connectivity index (χ0v) is 15.4. The fraction of sp³-hybridized carbons (Fsp3) is 0. The van der Waals surface area contributed by atoms with E-state index >= 15 is 0 Å². The summed E-state index contributed by atoms with van der Waals surface area (Å²) in [5, 5.41) is 3.14. The summed E-state index contributed by atoms with van der Waals surface area (Å²) in [6, 6.07) is 10.3. The second kappa shape index (κ2) is 6.52. The molecule has 1 fully saturated rings. The number of nitrogens with zero attached hydrogens (tertiary/aromatic N) is 1. The van der Waals surface area contributed by atoms with Crippen molar-refractivity contribution < 1.29 is 9.59 Å². The molecule has 1 saturated heterocycles. The highest BCUT2D eigenvalue weighted by molar-refractivity contribution is 9.11. The molecule has 1 N–H and O–H groups in total. The summed E-state index contributed by atoms with van der Waals surface area (Å²) in [4.78, 5) is 26.9. The van der Waals surface area contributed by atoms with Gasteiger partial charge in [0, 0.05) is 9.90 Å². The molecule has 1 aliphatic heterocycles. The molecule has 0 spiro atoms. The summed E-state index contributed by atoms with van der Waals surface area (Å²) in [5.74, 6) is -0.972. The van der Waals surface area contributed by atoms with Gasteiger partial charge >= 0.3 is 0 Å². The smallest absolute Gasteiger partial charge is 0.270 e. The topological polar surface area (TPSA) is 49.4 Å². The number of halogens is 2. The summed E-state index contributed by atoms with van der Waals surface area (Å²) in [6.45, 7) is 0. The van der Waals surface area contributed by atoms with E-state index in [0.717, 1.165) is 8.66 Å². The van der Waals surface area contributed by atoms with Gasteiger partial charge in [-0.2, -0.15) is 0 Å². The zero-order chi connectivity index (χ0) is 16.6. The van der Waals surface area contributed by atoms with Gasteiger partial charge in [-0.05, 0) is 70.6 Å². The number of nitrogens with one attached hydrogen (secondary N) is 1. The van der Waals surface area contributed by atoms with Gasteiger partial charge in [-0.25, -0.2) is 0 Å². The lowest BCUT2D eigenvalue weighted by Crippen LogP contribution is -2.54. The average Bonchev–Trinajstić information content (AvgIpc) is 2.91. The Hall–Kier alpha value is -1.54. The SMILES string of the molecule is O=C1NC(=S)N(c2ccc(Cl)cc2)C(=O)C1=Cc1ccc(Br)s1. The van der Waals surface area contributed by atoms with Crippen LogP contribution in [0.3, 0.4) is 0 Å². The maximum atomic E-state index is 12.7. The van der Waals surface area contributed by atoms with E-state index in [-0.39, 0.29) is 10.7 Å². The molecule has 23 heavy (non-hydrogen) atoms. The summed E-state index contributed by atoms with van der Waals surface area (Å²) >= 11 is 15.8. The van der Waals surface area contributed by atoms with Crippen LogP contribution < -0.4 is 10.2 Å². The van der Waals surface area contributed by atoms with Crippen LogP contribution in [-0.2, 0) is 9.59 Å². The molecule has 3 rings (SSSR count). The molecule has 0 aliphatic carbocycles. The Labute approximate surface area is 154 Å². The van der Waals surface area contributed by atoms with Crippen molar-refractivity contribution in [2.75, 3.05) is 4.90 Å². The second-order valence-corrected chi connectivity index (χ2v) is 7.89. The van der Waals surface area contributed by atoms with E-state index in [4.69, 9.17) is 23.8 Å². The van der Waals surface area contributed by atoms with Gasteiger partial charge in [-0.15, -0.1) is 11.3 Å². The first-order valence-corrected chi connectivity index (χ1v) is 8.77. The van der Waals surface area contributed by atoms with Crippen LogP contribution in [0.1, 0.15) is 4.88 Å². The second-order valence-electron chi connectivity index (χ2n) is 4.58. The number of amides is 2. The van der Waals surface area contributed by atoms with Gasteiger partial charge < -0.3 is 0 Å². The number of benzene rings is 1. The van der Waals surface area contributed by atoms with Gasteiger partial charge in [-0.1, -0.05) is 11.6 Å². The molecule has 4 nitrogen and oxygen atoms in total. The molecule has 116 valence electrons. The predicted molar refractivity (Wildman–Crippen MR) is 99.7 cm³/mol. The number of hydrogen-bond donors (Lipinski definition) is 1. The first kappa shape index (κ1) is 16.3. The van der Waals surface area contributed by atoms with Crippen molar-refractivity contribution in [3.8, 4) is 0 Å². The monoisotopic (exact) mass is 426 g/mol. The molecular formula is C15H8BrClN2O2S2. The van der Waals surface area contributed by atoms with Crippen LogP contribution in [0.15, 0.2) is 45.8 Å². The molecule has 0 radical (unpaired) electrons. The highest BCUT2D eigenvalue weighted by Crippen LogP contribution is 2.27. The maximum Gasteiger partial charge on any atom is 0.270 e. The standard InChI is InChI=1S/C15H8BrClN2O2S2/c16-12-6-5-10(23-12)7-11-13(20)18-15(22)19(14(11)21)9-3-1-8(17)2-4-9/h1-7H,(H,18,20,22). The van der Waals surface area contributed by atoms with Crippen LogP contribution in [0.25, 0.3) is 6.08 Å². The molecule has 0 atom stereocenters. The van der Waals surface area contributed by atoms with Gasteiger partial charge in [0.05, 0.1) is 9.47 Å². The Balaban J connectivity index is 2.00. The quantitative estimate of drug-likeness (QED) is 0.448. The van der Waals surface area contributed by atoms with Crippen molar-refractivity contribution in [3.05, 3.63) is 55.7 Å². The van der Waals surface area contributed by atoms with Crippen molar-refractivity contribution in [2.45, 2.75) is 0 Å². The number of anilines is 1.